The van der Waals surface area contributed by atoms with Crippen LogP contribution in [0.3, 0.4) is 0 Å². The molecule has 4 N–H and O–H groups in total. The maximum Gasteiger partial charge on any atom is 0.335 e. The standard InChI is InChI=1S/C24H21FN4.C4H6O6/c1-28-13-14-29(23-11-8-17-5-2-3-6-20(17)24(23)25)22-10-9-18(15-19(22)16-28)21-7-4-12-26-27-21;5-1(3(7)8)2(6)4(9)10/h2-12,15H,13-14,16H2,1H3;1-2,5-6H,(H,7,8)(H,9,10)/t;1-,2-/m.1/s1. The summed E-state index contributed by atoms with van der Waals surface area (Å²) in [6.45, 7) is 2.37. The fraction of sp³-hybridized carbons (Fsp3) is 0.214. The average molecular weight is 535 g/mol. The van der Waals surface area contributed by atoms with Gasteiger partial charge in [-0.05, 0) is 48.3 Å². The molecule has 0 unspecified atom stereocenters. The van der Waals surface area contributed by atoms with Crippen molar-refractivity contribution in [3.8, 4) is 11.3 Å². The number of halogens is 1. The number of nitrogens with zero attached hydrogens (tertiary/aromatic N) is 4. The third-order valence-corrected chi connectivity index (χ3v) is 6.32. The zero-order valence-corrected chi connectivity index (χ0v) is 21.0. The van der Waals surface area contributed by atoms with Crippen LogP contribution in [0.25, 0.3) is 22.0 Å². The zero-order valence-electron chi connectivity index (χ0n) is 21.0. The third-order valence-electron chi connectivity index (χ3n) is 6.32. The van der Waals surface area contributed by atoms with E-state index in [1.807, 2.05) is 54.6 Å². The highest BCUT2D eigenvalue weighted by Gasteiger charge is 2.29. The van der Waals surface area contributed by atoms with Gasteiger partial charge in [-0.2, -0.15) is 10.2 Å². The molecule has 1 aromatic heterocycles. The second-order valence-corrected chi connectivity index (χ2v) is 9.03. The van der Waals surface area contributed by atoms with Gasteiger partial charge in [-0.1, -0.05) is 36.4 Å². The van der Waals surface area contributed by atoms with Gasteiger partial charge in [-0.3, -0.25) is 0 Å². The number of likely N-dealkylation sites (N-methyl/N-ethyl adjacent to an activating group) is 1. The number of aliphatic carboxylic acids is 2. The summed E-state index contributed by atoms with van der Waals surface area (Å²) in [5, 5.41) is 42.3. The molecule has 10 nitrogen and oxygen atoms in total. The SMILES string of the molecule is CN1CCN(c2ccc3ccccc3c2F)c2ccc(-c3cccnn3)cc2C1.O=C(O)[C@H](O)[C@@H](O)C(=O)O. The van der Waals surface area contributed by atoms with Gasteiger partial charge >= 0.3 is 11.9 Å². The zero-order chi connectivity index (χ0) is 28.1. The lowest BCUT2D eigenvalue weighted by Gasteiger charge is -2.26. The monoisotopic (exact) mass is 534 g/mol. The highest BCUT2D eigenvalue weighted by Crippen LogP contribution is 2.37. The molecule has 0 bridgehead atoms. The Hall–Kier alpha value is -4.45. The minimum absolute atomic E-state index is 0.170. The number of carbonyl (C=O) groups is 2. The van der Waals surface area contributed by atoms with Crippen LogP contribution in [0, 0.1) is 5.82 Å². The van der Waals surface area contributed by atoms with Gasteiger partial charge in [-0.15, -0.1) is 0 Å². The summed E-state index contributed by atoms with van der Waals surface area (Å²) in [6, 6.07) is 21.6. The molecule has 0 saturated carbocycles. The van der Waals surface area contributed by atoms with Crippen LogP contribution < -0.4 is 4.90 Å². The van der Waals surface area contributed by atoms with Crippen molar-refractivity contribution in [2.75, 3.05) is 25.0 Å². The maximum atomic E-state index is 15.4. The fourth-order valence-electron chi connectivity index (χ4n) is 4.30. The van der Waals surface area contributed by atoms with E-state index >= 15 is 4.39 Å². The average Bonchev–Trinajstić information content (AvgIpc) is 3.11. The molecule has 4 aromatic rings. The number of carboxylic acid groups (broad SMARTS) is 2. The van der Waals surface area contributed by atoms with Crippen molar-refractivity contribution in [1.29, 1.82) is 0 Å². The lowest BCUT2D eigenvalue weighted by molar-refractivity contribution is -0.165. The van der Waals surface area contributed by atoms with Gasteiger partial charge in [-0.25, -0.2) is 14.0 Å². The van der Waals surface area contributed by atoms with Crippen LogP contribution in [-0.2, 0) is 16.1 Å². The fourth-order valence-corrected chi connectivity index (χ4v) is 4.30. The summed E-state index contributed by atoms with van der Waals surface area (Å²) in [6.07, 6.45) is -2.86. The van der Waals surface area contributed by atoms with E-state index in [1.54, 1.807) is 6.20 Å². The number of benzene rings is 3. The number of aliphatic hydroxyl groups excluding tert-OH is 2. The van der Waals surface area contributed by atoms with E-state index in [0.29, 0.717) is 11.1 Å². The molecule has 0 saturated heterocycles. The molecule has 0 fully saturated rings. The first kappa shape index (κ1) is 27.6. The van der Waals surface area contributed by atoms with Gasteiger partial charge in [0.2, 0.25) is 0 Å². The quantitative estimate of drug-likeness (QED) is 0.301. The second kappa shape index (κ2) is 11.9. The summed E-state index contributed by atoms with van der Waals surface area (Å²) in [7, 11) is 2.10. The Morgan fingerprint density at radius 3 is 2.26 bits per heavy atom. The van der Waals surface area contributed by atoms with Crippen LogP contribution >= 0.6 is 0 Å². The Morgan fingerprint density at radius 2 is 1.59 bits per heavy atom. The molecule has 39 heavy (non-hydrogen) atoms. The molecule has 1 aliphatic heterocycles. The molecule has 0 aliphatic carbocycles. The first-order valence-corrected chi connectivity index (χ1v) is 12.0. The molecule has 2 heterocycles. The van der Waals surface area contributed by atoms with Crippen LogP contribution in [-0.4, -0.2) is 79.8 Å². The van der Waals surface area contributed by atoms with Crippen molar-refractivity contribution >= 4 is 34.1 Å². The normalized spacial score (nSPS) is 14.9. The van der Waals surface area contributed by atoms with E-state index in [2.05, 4.69) is 39.2 Å². The number of aliphatic hydroxyl groups is 2. The van der Waals surface area contributed by atoms with Gasteiger partial charge < -0.3 is 30.2 Å². The predicted molar refractivity (Wildman–Crippen MR) is 142 cm³/mol. The molecular weight excluding hydrogens is 507 g/mol. The summed E-state index contributed by atoms with van der Waals surface area (Å²) >= 11 is 0. The van der Waals surface area contributed by atoms with Crippen LogP contribution in [0.2, 0.25) is 0 Å². The van der Waals surface area contributed by atoms with Gasteiger partial charge in [0.05, 0.1) is 11.4 Å². The highest BCUT2D eigenvalue weighted by atomic mass is 19.1. The van der Waals surface area contributed by atoms with Crippen molar-refractivity contribution in [3.05, 3.63) is 84.3 Å². The molecule has 0 spiro atoms. The van der Waals surface area contributed by atoms with Gasteiger partial charge in [0.25, 0.3) is 0 Å². The van der Waals surface area contributed by atoms with E-state index in [-0.39, 0.29) is 5.82 Å². The minimum Gasteiger partial charge on any atom is -0.479 e. The predicted octanol–water partition coefficient (Wildman–Crippen LogP) is 2.90. The number of anilines is 2. The molecule has 5 rings (SSSR count). The van der Waals surface area contributed by atoms with Crippen LogP contribution in [0.15, 0.2) is 72.9 Å². The molecule has 0 amide bonds. The van der Waals surface area contributed by atoms with Crippen LogP contribution in [0.1, 0.15) is 5.56 Å². The van der Waals surface area contributed by atoms with Crippen molar-refractivity contribution in [2.24, 2.45) is 0 Å². The highest BCUT2D eigenvalue weighted by molar-refractivity contribution is 5.88. The Balaban J connectivity index is 0.000000303. The second-order valence-electron chi connectivity index (χ2n) is 9.03. The van der Waals surface area contributed by atoms with Crippen LogP contribution in [0.4, 0.5) is 15.8 Å². The third kappa shape index (κ3) is 6.17. The Bertz CT molecular complexity index is 1470. The number of carboxylic acids is 2. The van der Waals surface area contributed by atoms with Gasteiger partial charge in [0.15, 0.2) is 18.0 Å². The Kier molecular flexibility index (Phi) is 8.45. The smallest absolute Gasteiger partial charge is 0.335 e. The van der Waals surface area contributed by atoms with E-state index in [9.17, 15) is 9.59 Å². The first-order chi connectivity index (χ1) is 18.7. The van der Waals surface area contributed by atoms with Gasteiger partial charge in [0.1, 0.15) is 0 Å². The summed E-state index contributed by atoms with van der Waals surface area (Å²) in [4.78, 5) is 23.9. The summed E-state index contributed by atoms with van der Waals surface area (Å²) < 4.78 is 15.4. The molecular formula is C28H27FN4O6. The van der Waals surface area contributed by atoms with Crippen molar-refractivity contribution in [3.63, 3.8) is 0 Å². The molecule has 202 valence electrons. The van der Waals surface area contributed by atoms with Gasteiger partial charge in [0, 0.05) is 42.5 Å². The number of aromatic nitrogens is 2. The number of hydrogen-bond acceptors (Lipinski definition) is 8. The molecule has 1 aliphatic rings. The maximum absolute atomic E-state index is 15.4. The molecule has 11 heteroatoms. The topological polar surface area (TPSA) is 147 Å². The van der Waals surface area contributed by atoms with E-state index < -0.39 is 24.1 Å². The van der Waals surface area contributed by atoms with E-state index in [0.717, 1.165) is 47.5 Å². The van der Waals surface area contributed by atoms with Crippen molar-refractivity contribution < 1.29 is 34.4 Å². The summed E-state index contributed by atoms with van der Waals surface area (Å²) in [5.41, 5.74) is 4.67. The number of fused-ring (bicyclic) bond motifs is 2. The molecule has 0 radical (unpaired) electrons. The molecule has 2 atom stereocenters. The molecule has 3 aromatic carbocycles. The van der Waals surface area contributed by atoms with E-state index in [1.165, 1.54) is 0 Å². The van der Waals surface area contributed by atoms with Crippen molar-refractivity contribution in [1.82, 2.24) is 15.1 Å². The lowest BCUT2D eigenvalue weighted by atomic mass is 10.0. The first-order valence-electron chi connectivity index (χ1n) is 12.0. The minimum atomic E-state index is -2.27. The largest absolute Gasteiger partial charge is 0.479 e. The number of hydrogen-bond donors (Lipinski definition) is 4. The van der Waals surface area contributed by atoms with Crippen LogP contribution in [0.5, 0.6) is 0 Å². The van der Waals surface area contributed by atoms with E-state index in [4.69, 9.17) is 20.4 Å². The summed E-state index contributed by atoms with van der Waals surface area (Å²) in [5.74, 6) is -3.71. The Labute approximate surface area is 223 Å². The Morgan fingerprint density at radius 1 is 0.897 bits per heavy atom. The lowest BCUT2D eigenvalue weighted by Crippen LogP contribution is -2.39. The van der Waals surface area contributed by atoms with Crippen molar-refractivity contribution in [2.45, 2.75) is 18.8 Å². The number of rotatable bonds is 5.